The van der Waals surface area contributed by atoms with Crippen LogP contribution in [0.3, 0.4) is 0 Å². The first-order chi connectivity index (χ1) is 14.6. The SMILES string of the molecule is C=C(NC)c1ccc([N+]2=C(c3ccccc3O)N=C(c3ccccc3O)CC2)cc1. The van der Waals surface area contributed by atoms with E-state index in [9.17, 15) is 10.2 Å². The molecule has 0 saturated heterocycles. The maximum absolute atomic E-state index is 10.5. The molecule has 0 bridgehead atoms. The molecule has 1 heterocycles. The second-order valence-electron chi connectivity index (χ2n) is 7.09. The first kappa shape index (κ1) is 19.5. The number of phenolic OH excluding ortho intramolecular Hbond substituents is 2. The summed E-state index contributed by atoms with van der Waals surface area (Å²) in [6, 6.07) is 22.5. The van der Waals surface area contributed by atoms with E-state index < -0.39 is 0 Å². The Balaban J connectivity index is 1.86. The van der Waals surface area contributed by atoms with E-state index in [0.29, 0.717) is 29.9 Å². The Hall–Kier alpha value is -3.86. The molecule has 0 radical (unpaired) electrons. The van der Waals surface area contributed by atoms with E-state index in [1.165, 1.54) is 0 Å². The first-order valence-electron chi connectivity index (χ1n) is 9.84. The Bertz CT molecular complexity index is 1160. The molecule has 0 atom stereocenters. The molecular formula is C25H24N3O2+. The highest BCUT2D eigenvalue weighted by Gasteiger charge is 2.29. The van der Waals surface area contributed by atoms with Gasteiger partial charge in [-0.15, -0.1) is 0 Å². The largest absolute Gasteiger partial charge is 0.507 e. The smallest absolute Gasteiger partial charge is 0.334 e. The van der Waals surface area contributed by atoms with Crippen molar-refractivity contribution >= 4 is 22.9 Å². The summed E-state index contributed by atoms with van der Waals surface area (Å²) in [4.78, 5) is 4.88. The predicted octanol–water partition coefficient (Wildman–Crippen LogP) is 4.27. The van der Waals surface area contributed by atoms with Crippen LogP contribution in [0.1, 0.15) is 23.1 Å². The zero-order valence-electron chi connectivity index (χ0n) is 16.8. The molecule has 30 heavy (non-hydrogen) atoms. The maximum Gasteiger partial charge on any atom is 0.334 e. The summed E-state index contributed by atoms with van der Waals surface area (Å²) in [5.41, 5.74) is 4.99. The lowest BCUT2D eigenvalue weighted by Gasteiger charge is -2.16. The Labute approximate surface area is 176 Å². The summed E-state index contributed by atoms with van der Waals surface area (Å²) in [5.74, 6) is 1.02. The number of nitrogens with one attached hydrogen (secondary N) is 1. The molecule has 3 aromatic carbocycles. The third-order valence-electron chi connectivity index (χ3n) is 5.26. The minimum Gasteiger partial charge on any atom is -0.507 e. The molecule has 0 aliphatic carbocycles. The summed E-state index contributed by atoms with van der Waals surface area (Å²) in [5, 5.41) is 23.9. The van der Waals surface area contributed by atoms with Crippen molar-refractivity contribution in [1.29, 1.82) is 0 Å². The van der Waals surface area contributed by atoms with E-state index in [4.69, 9.17) is 4.99 Å². The Kier molecular flexibility index (Phi) is 5.35. The average molecular weight is 398 g/mol. The van der Waals surface area contributed by atoms with Gasteiger partial charge in [-0.3, -0.25) is 0 Å². The predicted molar refractivity (Wildman–Crippen MR) is 121 cm³/mol. The van der Waals surface area contributed by atoms with Crippen LogP contribution in [0.15, 0.2) is 84.4 Å². The zero-order valence-corrected chi connectivity index (χ0v) is 16.8. The number of hydrogen-bond donors (Lipinski definition) is 3. The minimum atomic E-state index is 0.167. The van der Waals surface area contributed by atoms with Crippen LogP contribution in [0, 0.1) is 0 Å². The number of nitrogens with zero attached hydrogens (tertiary/aromatic N) is 2. The van der Waals surface area contributed by atoms with E-state index in [-0.39, 0.29) is 11.5 Å². The van der Waals surface area contributed by atoms with Crippen LogP contribution in [0.2, 0.25) is 0 Å². The van der Waals surface area contributed by atoms with E-state index in [1.807, 2.05) is 55.6 Å². The van der Waals surface area contributed by atoms with Crippen molar-refractivity contribution in [1.82, 2.24) is 5.32 Å². The van der Waals surface area contributed by atoms with Crippen LogP contribution in [-0.4, -0.2) is 39.9 Å². The number of aromatic hydroxyl groups is 2. The molecule has 3 N–H and O–H groups in total. The molecule has 0 saturated carbocycles. The zero-order chi connectivity index (χ0) is 21.1. The number of rotatable bonds is 5. The van der Waals surface area contributed by atoms with E-state index >= 15 is 0 Å². The minimum absolute atomic E-state index is 0.167. The fourth-order valence-corrected chi connectivity index (χ4v) is 3.59. The van der Waals surface area contributed by atoms with Crippen molar-refractivity contribution < 1.29 is 14.8 Å². The highest BCUT2D eigenvalue weighted by molar-refractivity contribution is 6.13. The summed E-state index contributed by atoms with van der Waals surface area (Å²) in [6.07, 6.45) is 0.666. The van der Waals surface area contributed by atoms with Gasteiger partial charge < -0.3 is 15.5 Å². The van der Waals surface area contributed by atoms with Crippen LogP contribution >= 0.6 is 0 Å². The monoisotopic (exact) mass is 398 g/mol. The van der Waals surface area contributed by atoms with Crippen molar-refractivity contribution in [3.8, 4) is 11.5 Å². The Morgan fingerprint density at radius 1 is 0.900 bits per heavy atom. The standard InChI is InChI=1S/C25H23N3O2/c1-17(26-2)18-11-13-19(14-12-18)28-16-15-22(20-7-3-5-9-23(20)29)27-25(28)21-8-4-6-10-24(21)30/h3-14,26H,1,15-16H2,2H3,(H,27,29,30)/p+1. The number of aliphatic imine (C=N–C) groups is 1. The van der Waals surface area contributed by atoms with Crippen LogP contribution in [-0.2, 0) is 0 Å². The molecule has 150 valence electrons. The molecule has 3 aromatic rings. The quantitative estimate of drug-likeness (QED) is 0.562. The van der Waals surface area contributed by atoms with Crippen molar-refractivity contribution in [3.05, 3.63) is 96.1 Å². The fraction of sp³-hybridized carbons (Fsp3) is 0.120. The van der Waals surface area contributed by atoms with Gasteiger partial charge in [0.15, 0.2) is 5.71 Å². The topological polar surface area (TPSA) is 67.9 Å². The second kappa shape index (κ2) is 8.25. The van der Waals surface area contributed by atoms with Gasteiger partial charge in [-0.05, 0) is 59.1 Å². The molecule has 0 spiro atoms. The Morgan fingerprint density at radius 2 is 1.50 bits per heavy atom. The molecule has 5 heteroatoms. The van der Waals surface area contributed by atoms with Crippen molar-refractivity contribution in [3.63, 3.8) is 0 Å². The van der Waals surface area contributed by atoms with Crippen molar-refractivity contribution in [2.75, 3.05) is 13.6 Å². The number of phenols is 2. The van der Waals surface area contributed by atoms with Gasteiger partial charge in [-0.1, -0.05) is 30.8 Å². The molecule has 0 aromatic heterocycles. The maximum atomic E-state index is 10.5. The molecule has 0 amide bonds. The van der Waals surface area contributed by atoms with E-state index in [0.717, 1.165) is 22.7 Å². The highest BCUT2D eigenvalue weighted by Crippen LogP contribution is 2.27. The molecule has 0 unspecified atom stereocenters. The van der Waals surface area contributed by atoms with E-state index in [1.54, 1.807) is 24.3 Å². The molecule has 1 aliphatic rings. The van der Waals surface area contributed by atoms with Gasteiger partial charge in [-0.25, -0.2) is 4.58 Å². The van der Waals surface area contributed by atoms with Gasteiger partial charge in [0.1, 0.15) is 22.7 Å². The lowest BCUT2D eigenvalue weighted by molar-refractivity contribution is -0.440. The molecule has 0 fully saturated rings. The van der Waals surface area contributed by atoms with Crippen molar-refractivity contribution in [2.24, 2.45) is 4.99 Å². The number of benzene rings is 3. The summed E-state index contributed by atoms with van der Waals surface area (Å²) in [6.45, 7) is 4.67. The number of amidine groups is 1. The lowest BCUT2D eigenvalue weighted by atomic mass is 10.0. The van der Waals surface area contributed by atoms with Gasteiger partial charge in [0.2, 0.25) is 0 Å². The van der Waals surface area contributed by atoms with Gasteiger partial charge in [-0.2, -0.15) is 0 Å². The van der Waals surface area contributed by atoms with Crippen LogP contribution in [0.25, 0.3) is 5.70 Å². The molecular weight excluding hydrogens is 374 g/mol. The summed E-state index contributed by atoms with van der Waals surface area (Å²) < 4.78 is 2.09. The molecule has 1 aliphatic heterocycles. The number of hydrogen-bond acceptors (Lipinski definition) is 4. The highest BCUT2D eigenvalue weighted by atomic mass is 16.3. The van der Waals surface area contributed by atoms with Gasteiger partial charge in [0, 0.05) is 12.7 Å². The van der Waals surface area contributed by atoms with Gasteiger partial charge in [0.05, 0.1) is 18.5 Å². The van der Waals surface area contributed by atoms with Crippen molar-refractivity contribution in [2.45, 2.75) is 6.42 Å². The normalized spacial score (nSPS) is 13.7. The summed E-state index contributed by atoms with van der Waals surface area (Å²) >= 11 is 0. The molecule has 5 nitrogen and oxygen atoms in total. The number of para-hydroxylation sites is 2. The van der Waals surface area contributed by atoms with Crippen LogP contribution in [0.4, 0.5) is 5.69 Å². The van der Waals surface area contributed by atoms with Crippen LogP contribution in [0.5, 0.6) is 11.5 Å². The lowest BCUT2D eigenvalue weighted by Crippen LogP contribution is -2.27. The third-order valence-corrected chi connectivity index (χ3v) is 5.26. The Morgan fingerprint density at radius 3 is 2.10 bits per heavy atom. The van der Waals surface area contributed by atoms with Gasteiger partial charge in [0.25, 0.3) is 0 Å². The second-order valence-corrected chi connectivity index (χ2v) is 7.09. The average Bonchev–Trinajstić information content (AvgIpc) is 2.79. The fourth-order valence-electron chi connectivity index (χ4n) is 3.59. The first-order valence-corrected chi connectivity index (χ1v) is 9.84. The third kappa shape index (κ3) is 3.70. The molecule has 4 rings (SSSR count). The van der Waals surface area contributed by atoms with Gasteiger partial charge >= 0.3 is 5.84 Å². The van der Waals surface area contributed by atoms with E-state index in [2.05, 4.69) is 16.5 Å². The van der Waals surface area contributed by atoms with Crippen LogP contribution < -0.4 is 5.32 Å². The summed E-state index contributed by atoms with van der Waals surface area (Å²) in [7, 11) is 1.85.